The van der Waals surface area contributed by atoms with E-state index in [1.165, 1.54) is 0 Å². The van der Waals surface area contributed by atoms with Gasteiger partial charge in [0.1, 0.15) is 5.76 Å². The summed E-state index contributed by atoms with van der Waals surface area (Å²) < 4.78 is 5.27. The van der Waals surface area contributed by atoms with E-state index in [1.807, 2.05) is 25.4 Å². The third-order valence-electron chi connectivity index (χ3n) is 4.27. The fourth-order valence-electron chi connectivity index (χ4n) is 3.06. The van der Waals surface area contributed by atoms with Gasteiger partial charge in [-0.05, 0) is 13.3 Å². The van der Waals surface area contributed by atoms with E-state index >= 15 is 0 Å². The summed E-state index contributed by atoms with van der Waals surface area (Å²) in [6.07, 6.45) is 5.12. The highest BCUT2D eigenvalue weighted by atomic mass is 16.5. The fraction of sp³-hybridized carbons (Fsp3) is 0.588. The van der Waals surface area contributed by atoms with Crippen LogP contribution >= 0.6 is 0 Å². The van der Waals surface area contributed by atoms with Crippen LogP contribution in [0.1, 0.15) is 30.4 Å². The largest absolute Gasteiger partial charge is 0.391 e. The number of aromatic nitrogens is 3. The van der Waals surface area contributed by atoms with Gasteiger partial charge in [-0.3, -0.25) is 4.90 Å². The number of likely N-dealkylation sites (tertiary alicyclic amines) is 1. The molecule has 2 aromatic heterocycles. The lowest BCUT2D eigenvalue weighted by Crippen LogP contribution is -2.21. The minimum atomic E-state index is -0.346. The monoisotopic (exact) mass is 331 g/mol. The molecule has 7 nitrogen and oxygen atoms in total. The Morgan fingerprint density at radius 3 is 2.79 bits per heavy atom. The van der Waals surface area contributed by atoms with Gasteiger partial charge >= 0.3 is 0 Å². The minimum absolute atomic E-state index is 0.170. The molecule has 1 fully saturated rings. The molecule has 0 bridgehead atoms. The predicted molar refractivity (Wildman–Crippen MR) is 90.5 cm³/mol. The number of nitrogens with zero attached hydrogens (tertiary/aromatic N) is 4. The van der Waals surface area contributed by atoms with Crippen molar-refractivity contribution in [1.82, 2.24) is 20.0 Å². The highest BCUT2D eigenvalue weighted by Gasteiger charge is 2.32. The molecule has 0 spiro atoms. The molecule has 0 amide bonds. The molecule has 130 valence electrons. The van der Waals surface area contributed by atoms with Crippen molar-refractivity contribution in [2.24, 2.45) is 5.92 Å². The highest BCUT2D eigenvalue weighted by Crippen LogP contribution is 2.23. The second kappa shape index (κ2) is 7.72. The summed E-state index contributed by atoms with van der Waals surface area (Å²) >= 11 is 0. The van der Waals surface area contributed by atoms with Gasteiger partial charge in [0.25, 0.3) is 0 Å². The number of β-amino-alcohol motifs (C(OH)–C–C–N with tert-alkyl or cyclic N) is 1. The predicted octanol–water partition coefficient (Wildman–Crippen LogP) is 1.63. The van der Waals surface area contributed by atoms with Crippen LogP contribution in [0, 0.1) is 12.8 Å². The smallest absolute Gasteiger partial charge is 0.222 e. The fourth-order valence-corrected chi connectivity index (χ4v) is 3.06. The Hall–Kier alpha value is -1.99. The summed E-state index contributed by atoms with van der Waals surface area (Å²) in [5.74, 6) is 1.68. The number of hydrogen-bond donors (Lipinski definition) is 2. The first kappa shape index (κ1) is 16.9. The van der Waals surface area contributed by atoms with Crippen molar-refractivity contribution in [1.29, 1.82) is 0 Å². The molecule has 0 aliphatic carbocycles. The van der Waals surface area contributed by atoms with Gasteiger partial charge in [-0.1, -0.05) is 12.1 Å². The Morgan fingerprint density at radius 1 is 1.33 bits per heavy atom. The van der Waals surface area contributed by atoms with Crippen molar-refractivity contribution in [3.63, 3.8) is 0 Å². The second-order valence-electron chi connectivity index (χ2n) is 6.50. The quantitative estimate of drug-likeness (QED) is 0.797. The number of nitrogens with one attached hydrogen (secondary N) is 1. The average Bonchev–Trinajstić information content (AvgIpc) is 3.13. The number of anilines is 1. The maximum absolute atomic E-state index is 10.3. The molecule has 2 N–H and O–H groups in total. The number of aliphatic hydroxyl groups excluding tert-OH is 1. The average molecular weight is 331 g/mol. The zero-order valence-corrected chi connectivity index (χ0v) is 14.3. The molecule has 2 atom stereocenters. The van der Waals surface area contributed by atoms with E-state index < -0.39 is 0 Å². The molecule has 7 heteroatoms. The van der Waals surface area contributed by atoms with Crippen molar-refractivity contribution in [2.75, 3.05) is 25.0 Å². The molecule has 3 rings (SSSR count). The molecule has 0 unspecified atom stereocenters. The first-order valence-electron chi connectivity index (χ1n) is 8.51. The summed E-state index contributed by atoms with van der Waals surface area (Å²) in [6.45, 7) is 7.13. The van der Waals surface area contributed by atoms with Crippen LogP contribution < -0.4 is 5.32 Å². The van der Waals surface area contributed by atoms with Crippen LogP contribution in [0.3, 0.4) is 0 Å². The van der Waals surface area contributed by atoms with Gasteiger partial charge in [-0.2, -0.15) is 0 Å². The molecule has 0 aromatic carbocycles. The molecular formula is C17H25N5O2. The van der Waals surface area contributed by atoms with Gasteiger partial charge in [0, 0.05) is 62.5 Å². The summed E-state index contributed by atoms with van der Waals surface area (Å²) in [5.41, 5.74) is 1.93. The molecule has 2 aromatic rings. The van der Waals surface area contributed by atoms with Crippen molar-refractivity contribution in [3.05, 3.63) is 35.5 Å². The van der Waals surface area contributed by atoms with E-state index in [0.717, 1.165) is 49.5 Å². The summed E-state index contributed by atoms with van der Waals surface area (Å²) in [6, 6.07) is 1.94. The molecule has 3 heterocycles. The van der Waals surface area contributed by atoms with Crippen LogP contribution in [0.2, 0.25) is 0 Å². The summed E-state index contributed by atoms with van der Waals surface area (Å²) in [4.78, 5) is 10.9. The van der Waals surface area contributed by atoms with E-state index in [1.54, 1.807) is 0 Å². The number of rotatable bonds is 7. The number of aryl methyl sites for hydroxylation is 1. The normalized spacial score (nSPS) is 21.3. The van der Waals surface area contributed by atoms with Crippen molar-refractivity contribution < 1.29 is 9.63 Å². The van der Waals surface area contributed by atoms with Crippen molar-refractivity contribution in [3.8, 4) is 0 Å². The van der Waals surface area contributed by atoms with Crippen LogP contribution in [0.15, 0.2) is 23.0 Å². The van der Waals surface area contributed by atoms with E-state index in [-0.39, 0.29) is 12.0 Å². The van der Waals surface area contributed by atoms with Gasteiger partial charge in [-0.25, -0.2) is 9.97 Å². The Balaban J connectivity index is 1.53. The highest BCUT2D eigenvalue weighted by molar-refractivity contribution is 5.24. The van der Waals surface area contributed by atoms with E-state index in [0.29, 0.717) is 12.5 Å². The van der Waals surface area contributed by atoms with Gasteiger partial charge in [0.15, 0.2) is 0 Å². The minimum Gasteiger partial charge on any atom is -0.391 e. The summed E-state index contributed by atoms with van der Waals surface area (Å²) in [5, 5.41) is 17.4. The number of hydrogen-bond acceptors (Lipinski definition) is 7. The van der Waals surface area contributed by atoms with E-state index in [9.17, 15) is 5.11 Å². The van der Waals surface area contributed by atoms with Crippen LogP contribution in [-0.2, 0) is 13.0 Å². The molecule has 0 saturated carbocycles. The maximum Gasteiger partial charge on any atom is 0.222 e. The summed E-state index contributed by atoms with van der Waals surface area (Å²) in [7, 11) is 0. The lowest BCUT2D eigenvalue weighted by atomic mass is 10.0. The van der Waals surface area contributed by atoms with E-state index in [4.69, 9.17) is 4.52 Å². The molecular weight excluding hydrogens is 306 g/mol. The van der Waals surface area contributed by atoms with Crippen molar-refractivity contribution >= 4 is 5.95 Å². The van der Waals surface area contributed by atoms with Gasteiger partial charge in [0.2, 0.25) is 5.95 Å². The molecule has 1 aliphatic heterocycles. The third-order valence-corrected chi connectivity index (χ3v) is 4.27. The van der Waals surface area contributed by atoms with Gasteiger partial charge < -0.3 is 14.9 Å². The van der Waals surface area contributed by atoms with Gasteiger partial charge in [-0.15, -0.1) is 0 Å². The van der Waals surface area contributed by atoms with Crippen LogP contribution in [0.4, 0.5) is 5.95 Å². The first-order chi connectivity index (χ1) is 11.6. The lowest BCUT2D eigenvalue weighted by molar-refractivity contribution is 0.137. The maximum atomic E-state index is 10.3. The van der Waals surface area contributed by atoms with E-state index in [2.05, 4.69) is 32.3 Å². The zero-order chi connectivity index (χ0) is 16.9. The van der Waals surface area contributed by atoms with Crippen LogP contribution in [-0.4, -0.2) is 50.9 Å². The third kappa shape index (κ3) is 4.30. The Bertz CT molecular complexity index is 643. The van der Waals surface area contributed by atoms with Crippen molar-refractivity contribution in [2.45, 2.75) is 39.3 Å². The lowest BCUT2D eigenvalue weighted by Gasteiger charge is -2.15. The zero-order valence-electron chi connectivity index (χ0n) is 14.3. The first-order valence-corrected chi connectivity index (χ1v) is 8.51. The molecule has 1 saturated heterocycles. The van der Waals surface area contributed by atoms with Crippen LogP contribution in [0.25, 0.3) is 0 Å². The molecule has 24 heavy (non-hydrogen) atoms. The topological polar surface area (TPSA) is 87.3 Å². The van der Waals surface area contributed by atoms with Crippen LogP contribution in [0.5, 0.6) is 0 Å². The second-order valence-corrected chi connectivity index (χ2v) is 6.50. The van der Waals surface area contributed by atoms with Gasteiger partial charge in [0.05, 0.1) is 11.8 Å². The molecule has 0 radical (unpaired) electrons. The Labute approximate surface area is 142 Å². The number of aliphatic hydroxyl groups is 1. The standard InChI is InChI=1S/C17H25N5O2/c1-3-4-18-17-19-7-13(8-20-17)9-22-10-14(16(23)11-22)6-15-5-12(2)21-24-15/h5,7-8,14,16,23H,3-4,6,9-11H2,1-2H3,(H,18,19,20)/t14-,16-/m1/s1. The molecule has 1 aliphatic rings. The Morgan fingerprint density at radius 2 is 2.12 bits per heavy atom. The SMILES string of the molecule is CCCNc1ncc(CN2C[C@@H](Cc3cc(C)no3)[C@H](O)C2)cn1. The Kier molecular flexibility index (Phi) is 5.42.